The van der Waals surface area contributed by atoms with Gasteiger partial charge < -0.3 is 10.1 Å². The Morgan fingerprint density at radius 2 is 2.46 bits per heavy atom. The second-order valence-electron chi connectivity index (χ2n) is 3.55. The van der Waals surface area contributed by atoms with Crippen LogP contribution in [0.1, 0.15) is 25.7 Å². The number of nitrogens with one attached hydrogen (secondary N) is 1. The molecule has 3 nitrogen and oxygen atoms in total. The number of hydrogen-bond acceptors (Lipinski definition) is 3. The standard InChI is InChI=1S/C10H18N2O/c11-5-1-2-6-12-8-10-4-3-7-13-9-10/h10,12H,1-4,6-9H2. The van der Waals surface area contributed by atoms with Crippen molar-refractivity contribution in [2.75, 3.05) is 26.3 Å². The molecule has 0 bridgehead atoms. The first-order chi connectivity index (χ1) is 6.43. The number of nitrogens with zero attached hydrogens (tertiary/aromatic N) is 1. The first-order valence-electron chi connectivity index (χ1n) is 5.09. The van der Waals surface area contributed by atoms with Crippen LogP contribution in [-0.4, -0.2) is 26.3 Å². The Morgan fingerprint density at radius 1 is 1.54 bits per heavy atom. The Labute approximate surface area is 80.1 Å². The van der Waals surface area contributed by atoms with Gasteiger partial charge in [-0.3, -0.25) is 0 Å². The molecule has 1 aliphatic rings. The fourth-order valence-electron chi connectivity index (χ4n) is 1.57. The molecule has 3 heteroatoms. The van der Waals surface area contributed by atoms with Crippen LogP contribution in [0.25, 0.3) is 0 Å². The highest BCUT2D eigenvalue weighted by Gasteiger charge is 2.12. The maximum absolute atomic E-state index is 8.32. The van der Waals surface area contributed by atoms with Crippen molar-refractivity contribution >= 4 is 0 Å². The SMILES string of the molecule is N#CCCCNCC1CCCOC1. The predicted octanol–water partition coefficient (Wildman–Crippen LogP) is 1.31. The Morgan fingerprint density at radius 3 is 3.15 bits per heavy atom. The summed E-state index contributed by atoms with van der Waals surface area (Å²) in [6, 6.07) is 2.14. The van der Waals surface area contributed by atoms with Gasteiger partial charge in [0.25, 0.3) is 0 Å². The summed E-state index contributed by atoms with van der Waals surface area (Å²) in [6.07, 6.45) is 4.11. The summed E-state index contributed by atoms with van der Waals surface area (Å²) in [5, 5.41) is 11.7. The predicted molar refractivity (Wildman–Crippen MR) is 51.3 cm³/mol. The molecule has 0 aromatic heterocycles. The van der Waals surface area contributed by atoms with Gasteiger partial charge in [-0.05, 0) is 31.7 Å². The fraction of sp³-hybridized carbons (Fsp3) is 0.900. The van der Waals surface area contributed by atoms with Crippen LogP contribution in [0.5, 0.6) is 0 Å². The van der Waals surface area contributed by atoms with E-state index in [1.165, 1.54) is 12.8 Å². The van der Waals surface area contributed by atoms with Crippen molar-refractivity contribution in [1.82, 2.24) is 5.32 Å². The van der Waals surface area contributed by atoms with Crippen molar-refractivity contribution < 1.29 is 4.74 Å². The highest BCUT2D eigenvalue weighted by molar-refractivity contribution is 4.70. The lowest BCUT2D eigenvalue weighted by molar-refractivity contribution is 0.0549. The number of nitriles is 1. The molecule has 0 spiro atoms. The van der Waals surface area contributed by atoms with Crippen molar-refractivity contribution in [2.24, 2.45) is 5.92 Å². The highest BCUT2D eigenvalue weighted by atomic mass is 16.5. The Hall–Kier alpha value is -0.590. The van der Waals surface area contributed by atoms with E-state index in [9.17, 15) is 0 Å². The number of rotatable bonds is 5. The molecule has 0 saturated carbocycles. The van der Waals surface area contributed by atoms with Gasteiger partial charge in [0.05, 0.1) is 12.7 Å². The van der Waals surface area contributed by atoms with E-state index < -0.39 is 0 Å². The molecule has 0 aromatic carbocycles. The van der Waals surface area contributed by atoms with Crippen molar-refractivity contribution in [1.29, 1.82) is 5.26 Å². The van der Waals surface area contributed by atoms with E-state index in [0.29, 0.717) is 12.3 Å². The Balaban J connectivity index is 1.90. The lowest BCUT2D eigenvalue weighted by Gasteiger charge is -2.22. The van der Waals surface area contributed by atoms with Gasteiger partial charge in [-0.1, -0.05) is 0 Å². The van der Waals surface area contributed by atoms with Crippen LogP contribution < -0.4 is 5.32 Å². The summed E-state index contributed by atoms with van der Waals surface area (Å²) in [5.74, 6) is 0.691. The smallest absolute Gasteiger partial charge is 0.0622 e. The fourth-order valence-corrected chi connectivity index (χ4v) is 1.57. The number of unbranched alkanes of at least 4 members (excludes halogenated alkanes) is 1. The van der Waals surface area contributed by atoms with Gasteiger partial charge in [0.2, 0.25) is 0 Å². The molecule has 1 saturated heterocycles. The summed E-state index contributed by atoms with van der Waals surface area (Å²) < 4.78 is 5.37. The molecule has 0 amide bonds. The average molecular weight is 182 g/mol. The van der Waals surface area contributed by atoms with Gasteiger partial charge in [0.1, 0.15) is 0 Å². The van der Waals surface area contributed by atoms with Crippen molar-refractivity contribution in [3.63, 3.8) is 0 Å². The number of hydrogen-bond donors (Lipinski definition) is 1. The number of ether oxygens (including phenoxy) is 1. The maximum atomic E-state index is 8.32. The molecule has 0 aliphatic carbocycles. The first kappa shape index (κ1) is 10.5. The van der Waals surface area contributed by atoms with Gasteiger partial charge in [0, 0.05) is 19.6 Å². The van der Waals surface area contributed by atoms with Gasteiger partial charge >= 0.3 is 0 Å². The monoisotopic (exact) mass is 182 g/mol. The molecule has 1 N–H and O–H groups in total. The van der Waals surface area contributed by atoms with Crippen LogP contribution >= 0.6 is 0 Å². The minimum atomic E-state index is 0.661. The lowest BCUT2D eigenvalue weighted by Crippen LogP contribution is -2.29. The quantitative estimate of drug-likeness (QED) is 0.652. The highest BCUT2D eigenvalue weighted by Crippen LogP contribution is 2.11. The van der Waals surface area contributed by atoms with E-state index in [2.05, 4.69) is 11.4 Å². The van der Waals surface area contributed by atoms with Crippen LogP contribution in [0.4, 0.5) is 0 Å². The normalized spacial score (nSPS) is 22.5. The van der Waals surface area contributed by atoms with Gasteiger partial charge in [-0.25, -0.2) is 0 Å². The third-order valence-electron chi connectivity index (χ3n) is 2.33. The summed E-state index contributed by atoms with van der Waals surface area (Å²) >= 11 is 0. The zero-order valence-corrected chi connectivity index (χ0v) is 8.09. The zero-order chi connectivity index (χ0) is 9.36. The van der Waals surface area contributed by atoms with Crippen LogP contribution in [0.15, 0.2) is 0 Å². The molecular weight excluding hydrogens is 164 g/mol. The molecule has 0 aromatic rings. The summed E-state index contributed by atoms with van der Waals surface area (Å²) in [6.45, 7) is 3.85. The van der Waals surface area contributed by atoms with Crippen LogP contribution in [0, 0.1) is 17.2 Å². The minimum Gasteiger partial charge on any atom is -0.381 e. The van der Waals surface area contributed by atoms with Crippen molar-refractivity contribution in [2.45, 2.75) is 25.7 Å². The van der Waals surface area contributed by atoms with Gasteiger partial charge in [0.15, 0.2) is 0 Å². The molecule has 1 fully saturated rings. The largest absolute Gasteiger partial charge is 0.381 e. The summed E-state index contributed by atoms with van der Waals surface area (Å²) in [7, 11) is 0. The molecule has 1 heterocycles. The second kappa shape index (κ2) is 6.88. The molecule has 1 unspecified atom stereocenters. The molecule has 1 aliphatic heterocycles. The average Bonchev–Trinajstić information content (AvgIpc) is 2.19. The van der Waals surface area contributed by atoms with Gasteiger partial charge in [-0.15, -0.1) is 0 Å². The van der Waals surface area contributed by atoms with Crippen LogP contribution in [0.3, 0.4) is 0 Å². The van der Waals surface area contributed by atoms with E-state index in [1.54, 1.807) is 0 Å². The van der Waals surface area contributed by atoms with Crippen molar-refractivity contribution in [3.05, 3.63) is 0 Å². The van der Waals surface area contributed by atoms with E-state index in [1.807, 2.05) is 0 Å². The minimum absolute atomic E-state index is 0.661. The lowest BCUT2D eigenvalue weighted by atomic mass is 10.0. The van der Waals surface area contributed by atoms with Crippen LogP contribution in [0.2, 0.25) is 0 Å². The Kier molecular flexibility index (Phi) is 5.55. The third kappa shape index (κ3) is 4.87. The first-order valence-corrected chi connectivity index (χ1v) is 5.09. The molecule has 74 valence electrons. The van der Waals surface area contributed by atoms with E-state index >= 15 is 0 Å². The van der Waals surface area contributed by atoms with Gasteiger partial charge in [-0.2, -0.15) is 5.26 Å². The molecular formula is C10H18N2O. The summed E-state index contributed by atoms with van der Waals surface area (Å²) in [4.78, 5) is 0. The Bertz CT molecular complexity index is 159. The molecule has 13 heavy (non-hydrogen) atoms. The van der Waals surface area contributed by atoms with E-state index in [-0.39, 0.29) is 0 Å². The van der Waals surface area contributed by atoms with E-state index in [0.717, 1.165) is 32.7 Å². The molecule has 1 atom stereocenters. The maximum Gasteiger partial charge on any atom is 0.0622 e. The summed E-state index contributed by atoms with van der Waals surface area (Å²) in [5.41, 5.74) is 0. The third-order valence-corrected chi connectivity index (χ3v) is 2.33. The zero-order valence-electron chi connectivity index (χ0n) is 8.09. The van der Waals surface area contributed by atoms with Crippen molar-refractivity contribution in [3.8, 4) is 6.07 Å². The molecule has 0 radical (unpaired) electrons. The van der Waals surface area contributed by atoms with E-state index in [4.69, 9.17) is 10.00 Å². The topological polar surface area (TPSA) is 45.0 Å². The van der Waals surface area contributed by atoms with Crippen LogP contribution in [-0.2, 0) is 4.74 Å². The second-order valence-corrected chi connectivity index (χ2v) is 3.55. The molecule has 1 rings (SSSR count).